The minimum atomic E-state index is -4.77. The van der Waals surface area contributed by atoms with Gasteiger partial charge in [0.25, 0.3) is 5.91 Å². The van der Waals surface area contributed by atoms with E-state index in [9.17, 15) is 22.8 Å². The summed E-state index contributed by atoms with van der Waals surface area (Å²) in [6.45, 7) is 1.78. The summed E-state index contributed by atoms with van der Waals surface area (Å²) in [4.78, 5) is 23.9. The highest BCUT2D eigenvalue weighted by Crippen LogP contribution is 2.34. The van der Waals surface area contributed by atoms with Gasteiger partial charge in [-0.25, -0.2) is 9.48 Å². The molecule has 0 saturated carbocycles. The van der Waals surface area contributed by atoms with Crippen LogP contribution in [0.1, 0.15) is 37.5 Å². The number of halogens is 3. The van der Waals surface area contributed by atoms with Gasteiger partial charge in [-0.2, -0.15) is 18.3 Å². The zero-order valence-corrected chi connectivity index (χ0v) is 16.9. The van der Waals surface area contributed by atoms with Crippen molar-refractivity contribution < 1.29 is 27.5 Å². The number of para-hydroxylation sites is 1. The Balaban J connectivity index is 1.75. The minimum Gasteiger partial charge on any atom is -0.465 e. The summed E-state index contributed by atoms with van der Waals surface area (Å²) in [5.41, 5.74) is 0.366. The molecule has 162 valence electrons. The van der Waals surface area contributed by atoms with Gasteiger partial charge in [0, 0.05) is 6.54 Å². The number of nitrogens with zero attached hydrogens (tertiary/aromatic N) is 2. The van der Waals surface area contributed by atoms with Gasteiger partial charge in [0.1, 0.15) is 0 Å². The second-order valence-electron chi connectivity index (χ2n) is 6.80. The number of carbonyl (C=O) groups excluding carboxylic acids is 2. The SMILES string of the molecule is COC(=O)c1ccc(CCNC(=O)c2cnn(-c3ccccc3C)c2C(F)(F)F)cc1. The number of aromatic nitrogens is 2. The monoisotopic (exact) mass is 431 g/mol. The fourth-order valence-corrected chi connectivity index (χ4v) is 3.11. The van der Waals surface area contributed by atoms with Crippen molar-refractivity contribution in [2.45, 2.75) is 19.5 Å². The minimum absolute atomic E-state index is 0.114. The molecule has 3 rings (SSSR count). The van der Waals surface area contributed by atoms with Gasteiger partial charge < -0.3 is 10.1 Å². The van der Waals surface area contributed by atoms with Gasteiger partial charge in [-0.1, -0.05) is 30.3 Å². The lowest BCUT2D eigenvalue weighted by atomic mass is 10.1. The van der Waals surface area contributed by atoms with Crippen molar-refractivity contribution in [3.8, 4) is 5.69 Å². The van der Waals surface area contributed by atoms with E-state index in [0.717, 1.165) is 16.4 Å². The Kier molecular flexibility index (Phi) is 6.43. The Morgan fingerprint density at radius 3 is 2.39 bits per heavy atom. The van der Waals surface area contributed by atoms with E-state index in [1.54, 1.807) is 49.4 Å². The number of esters is 1. The Hall–Kier alpha value is -3.62. The molecule has 0 fully saturated rings. The number of benzene rings is 2. The summed E-state index contributed by atoms with van der Waals surface area (Å²) in [6.07, 6.45) is -3.47. The molecular formula is C22H20F3N3O3. The van der Waals surface area contributed by atoms with Crippen LogP contribution in [0.15, 0.2) is 54.7 Å². The standard InChI is InChI=1S/C22H20F3N3O3/c1-14-5-3-4-6-18(14)28-19(22(23,24)25)17(13-27-28)20(29)26-12-11-15-7-9-16(10-8-15)21(30)31-2/h3-10,13H,11-12H2,1-2H3,(H,26,29). The number of nitrogens with one attached hydrogen (secondary N) is 1. The Morgan fingerprint density at radius 2 is 1.77 bits per heavy atom. The highest BCUT2D eigenvalue weighted by Gasteiger charge is 2.40. The molecule has 0 aliphatic heterocycles. The number of hydrogen-bond acceptors (Lipinski definition) is 4. The van der Waals surface area contributed by atoms with Gasteiger partial charge in [-0.15, -0.1) is 0 Å². The van der Waals surface area contributed by atoms with E-state index >= 15 is 0 Å². The topological polar surface area (TPSA) is 73.2 Å². The second kappa shape index (κ2) is 9.03. The number of rotatable bonds is 6. The number of aryl methyl sites for hydroxylation is 1. The first-order chi connectivity index (χ1) is 14.7. The smallest absolute Gasteiger partial charge is 0.434 e. The van der Waals surface area contributed by atoms with Crippen molar-refractivity contribution in [1.82, 2.24) is 15.1 Å². The largest absolute Gasteiger partial charge is 0.465 e. The highest BCUT2D eigenvalue weighted by molar-refractivity contribution is 5.95. The van der Waals surface area contributed by atoms with Gasteiger partial charge in [-0.3, -0.25) is 4.79 Å². The van der Waals surface area contributed by atoms with Crippen LogP contribution in [0.3, 0.4) is 0 Å². The summed E-state index contributed by atoms with van der Waals surface area (Å²) in [5, 5.41) is 6.33. The van der Waals surface area contributed by atoms with Crippen molar-refractivity contribution in [2.24, 2.45) is 0 Å². The third kappa shape index (κ3) is 4.93. The lowest BCUT2D eigenvalue weighted by Crippen LogP contribution is -2.28. The summed E-state index contributed by atoms with van der Waals surface area (Å²) in [5.74, 6) is -1.33. The van der Waals surface area contributed by atoms with E-state index in [-0.39, 0.29) is 12.2 Å². The predicted octanol–water partition coefficient (Wildman–Crippen LogP) is 3.96. The van der Waals surface area contributed by atoms with Gasteiger partial charge in [0.2, 0.25) is 0 Å². The molecular weight excluding hydrogens is 411 g/mol. The number of carbonyl (C=O) groups is 2. The van der Waals surface area contributed by atoms with E-state index in [4.69, 9.17) is 0 Å². The molecule has 0 aliphatic carbocycles. The van der Waals surface area contributed by atoms with Crippen molar-refractivity contribution in [2.75, 3.05) is 13.7 Å². The molecule has 0 atom stereocenters. The van der Waals surface area contributed by atoms with Gasteiger partial charge >= 0.3 is 12.1 Å². The summed E-state index contributed by atoms with van der Waals surface area (Å²) >= 11 is 0. The summed E-state index contributed by atoms with van der Waals surface area (Å²) in [6, 6.07) is 13.0. The van der Waals surface area contributed by atoms with E-state index in [2.05, 4.69) is 15.2 Å². The number of ether oxygens (including phenoxy) is 1. The fourth-order valence-electron chi connectivity index (χ4n) is 3.11. The predicted molar refractivity (Wildman–Crippen MR) is 107 cm³/mol. The van der Waals surface area contributed by atoms with Crippen molar-refractivity contribution in [3.05, 3.63) is 82.7 Å². The van der Waals surface area contributed by atoms with Gasteiger partial charge in [0.15, 0.2) is 5.69 Å². The molecule has 3 aromatic rings. The molecule has 0 bridgehead atoms. The molecule has 6 nitrogen and oxygen atoms in total. The molecule has 0 aliphatic rings. The van der Waals surface area contributed by atoms with Crippen LogP contribution in [0.4, 0.5) is 13.2 Å². The second-order valence-corrected chi connectivity index (χ2v) is 6.80. The molecule has 0 radical (unpaired) electrons. The van der Waals surface area contributed by atoms with Crippen LogP contribution in [0.2, 0.25) is 0 Å². The van der Waals surface area contributed by atoms with E-state index < -0.39 is 29.3 Å². The Bertz CT molecular complexity index is 1090. The third-order valence-electron chi connectivity index (χ3n) is 4.70. The lowest BCUT2D eigenvalue weighted by molar-refractivity contribution is -0.143. The molecule has 1 amide bonds. The van der Waals surface area contributed by atoms with E-state index in [1.807, 2.05) is 0 Å². The molecule has 0 saturated heterocycles. The van der Waals surface area contributed by atoms with Gasteiger partial charge in [-0.05, 0) is 42.7 Å². The number of amides is 1. The normalized spacial score (nSPS) is 11.3. The zero-order valence-electron chi connectivity index (χ0n) is 16.9. The van der Waals surface area contributed by atoms with Crippen LogP contribution in [0, 0.1) is 6.92 Å². The number of methoxy groups -OCH3 is 1. The molecule has 0 unspecified atom stereocenters. The van der Waals surface area contributed by atoms with Crippen LogP contribution >= 0.6 is 0 Å². The lowest BCUT2D eigenvalue weighted by Gasteiger charge is -2.14. The number of alkyl halides is 3. The first kappa shape index (κ1) is 22.1. The first-order valence-electron chi connectivity index (χ1n) is 9.39. The molecule has 31 heavy (non-hydrogen) atoms. The molecule has 9 heteroatoms. The third-order valence-corrected chi connectivity index (χ3v) is 4.70. The van der Waals surface area contributed by atoms with Crippen LogP contribution < -0.4 is 5.32 Å². The van der Waals surface area contributed by atoms with E-state index in [1.165, 1.54) is 13.2 Å². The Morgan fingerprint density at radius 1 is 1.10 bits per heavy atom. The average Bonchev–Trinajstić information content (AvgIpc) is 3.19. The molecule has 2 aromatic carbocycles. The molecule has 0 spiro atoms. The van der Waals surface area contributed by atoms with Crippen molar-refractivity contribution in [3.63, 3.8) is 0 Å². The van der Waals surface area contributed by atoms with Crippen LogP contribution in [0.25, 0.3) is 5.69 Å². The van der Waals surface area contributed by atoms with Crippen molar-refractivity contribution in [1.29, 1.82) is 0 Å². The maximum Gasteiger partial charge on any atom is 0.434 e. The summed E-state index contributed by atoms with van der Waals surface area (Å²) in [7, 11) is 1.28. The first-order valence-corrected chi connectivity index (χ1v) is 9.39. The van der Waals surface area contributed by atoms with Crippen LogP contribution in [0.5, 0.6) is 0 Å². The molecule has 1 N–H and O–H groups in total. The quantitative estimate of drug-likeness (QED) is 0.600. The molecule has 1 aromatic heterocycles. The maximum atomic E-state index is 13.8. The maximum absolute atomic E-state index is 13.8. The average molecular weight is 431 g/mol. The fraction of sp³-hybridized carbons (Fsp3) is 0.227. The highest BCUT2D eigenvalue weighted by atomic mass is 19.4. The van der Waals surface area contributed by atoms with Crippen LogP contribution in [-0.4, -0.2) is 35.3 Å². The number of hydrogen-bond donors (Lipinski definition) is 1. The van der Waals surface area contributed by atoms with Crippen molar-refractivity contribution >= 4 is 11.9 Å². The Labute approximate surface area is 176 Å². The summed E-state index contributed by atoms with van der Waals surface area (Å²) < 4.78 is 46.6. The van der Waals surface area contributed by atoms with E-state index in [0.29, 0.717) is 17.5 Å². The van der Waals surface area contributed by atoms with Crippen LogP contribution in [-0.2, 0) is 17.3 Å². The molecule has 1 heterocycles. The zero-order chi connectivity index (χ0) is 22.6. The van der Waals surface area contributed by atoms with Gasteiger partial charge in [0.05, 0.1) is 30.1 Å².